The summed E-state index contributed by atoms with van der Waals surface area (Å²) in [6.07, 6.45) is 5.29. The minimum atomic E-state index is 0.639. The first-order chi connectivity index (χ1) is 10.7. The van der Waals surface area contributed by atoms with Crippen LogP contribution in [0, 0.1) is 0 Å². The largest absolute Gasteiger partial charge is 0.357 e. The van der Waals surface area contributed by atoms with Gasteiger partial charge in [0.15, 0.2) is 5.96 Å². The fourth-order valence-electron chi connectivity index (χ4n) is 2.71. The number of rotatable bonds is 9. The van der Waals surface area contributed by atoms with Gasteiger partial charge in [-0.3, -0.25) is 4.99 Å². The van der Waals surface area contributed by atoms with Crippen molar-refractivity contribution in [1.29, 1.82) is 0 Å². The van der Waals surface area contributed by atoms with Crippen molar-refractivity contribution in [2.45, 2.75) is 52.5 Å². The van der Waals surface area contributed by atoms with E-state index in [-0.39, 0.29) is 0 Å². The monoisotopic (exact) mass is 311 g/mol. The molecular formula is C17H37N5. The Morgan fingerprint density at radius 1 is 1.18 bits per heavy atom. The molecule has 1 aliphatic heterocycles. The maximum absolute atomic E-state index is 4.70. The second-order valence-corrected chi connectivity index (χ2v) is 6.33. The molecule has 0 aromatic rings. The molecule has 1 rings (SSSR count). The number of guanidine groups is 1. The van der Waals surface area contributed by atoms with E-state index in [0.717, 1.165) is 38.7 Å². The standard InChI is InChI=1S/C17H37N5/c1-5-16(3)21(4)14-10-19-17(18-6-2)20-11-15-22-12-8-7-9-13-22/h16H,5-15H2,1-4H3,(H2,18,19,20). The maximum atomic E-state index is 4.70. The van der Waals surface area contributed by atoms with Crippen LogP contribution in [-0.4, -0.2) is 74.7 Å². The summed E-state index contributed by atoms with van der Waals surface area (Å²) in [5.41, 5.74) is 0. The van der Waals surface area contributed by atoms with Crippen molar-refractivity contribution < 1.29 is 0 Å². The molecule has 0 amide bonds. The van der Waals surface area contributed by atoms with Crippen LogP contribution in [0.25, 0.3) is 0 Å². The molecule has 0 aromatic heterocycles. The van der Waals surface area contributed by atoms with E-state index in [0.29, 0.717) is 6.04 Å². The zero-order valence-corrected chi connectivity index (χ0v) is 15.2. The third kappa shape index (κ3) is 7.99. The van der Waals surface area contributed by atoms with Crippen molar-refractivity contribution >= 4 is 5.96 Å². The number of hydrogen-bond donors (Lipinski definition) is 2. The molecule has 1 fully saturated rings. The van der Waals surface area contributed by atoms with Gasteiger partial charge in [-0.25, -0.2) is 0 Å². The first kappa shape index (κ1) is 19.2. The number of likely N-dealkylation sites (tertiary alicyclic amines) is 1. The number of hydrogen-bond acceptors (Lipinski definition) is 3. The fraction of sp³-hybridized carbons (Fsp3) is 0.941. The van der Waals surface area contributed by atoms with E-state index in [4.69, 9.17) is 4.99 Å². The van der Waals surface area contributed by atoms with Crippen LogP contribution in [0.2, 0.25) is 0 Å². The molecule has 0 aromatic carbocycles. The molecule has 1 aliphatic rings. The molecule has 0 aliphatic carbocycles. The van der Waals surface area contributed by atoms with Gasteiger partial charge in [0.1, 0.15) is 0 Å². The smallest absolute Gasteiger partial charge is 0.191 e. The van der Waals surface area contributed by atoms with Crippen molar-refractivity contribution in [2.24, 2.45) is 4.99 Å². The van der Waals surface area contributed by atoms with E-state index in [1.807, 2.05) is 0 Å². The van der Waals surface area contributed by atoms with Gasteiger partial charge in [-0.15, -0.1) is 0 Å². The van der Waals surface area contributed by atoms with Crippen molar-refractivity contribution in [3.8, 4) is 0 Å². The first-order valence-electron chi connectivity index (χ1n) is 9.12. The lowest BCUT2D eigenvalue weighted by molar-refractivity contribution is 0.235. The second-order valence-electron chi connectivity index (χ2n) is 6.33. The quantitative estimate of drug-likeness (QED) is 0.503. The molecular weight excluding hydrogens is 274 g/mol. The van der Waals surface area contributed by atoms with E-state index in [1.165, 1.54) is 38.8 Å². The van der Waals surface area contributed by atoms with Crippen LogP contribution in [-0.2, 0) is 0 Å². The minimum Gasteiger partial charge on any atom is -0.357 e. The highest BCUT2D eigenvalue weighted by Gasteiger charge is 2.09. The Kier molecular flexibility index (Phi) is 10.2. The zero-order chi connectivity index (χ0) is 16.2. The van der Waals surface area contributed by atoms with E-state index in [2.05, 4.69) is 48.3 Å². The molecule has 0 spiro atoms. The van der Waals surface area contributed by atoms with Crippen LogP contribution in [0.5, 0.6) is 0 Å². The topological polar surface area (TPSA) is 42.9 Å². The fourth-order valence-corrected chi connectivity index (χ4v) is 2.71. The molecule has 130 valence electrons. The summed E-state index contributed by atoms with van der Waals surface area (Å²) in [6, 6.07) is 0.639. The molecule has 1 unspecified atom stereocenters. The normalized spacial score (nSPS) is 18.5. The summed E-state index contributed by atoms with van der Waals surface area (Å²) in [5.74, 6) is 0.956. The number of piperidine rings is 1. The third-order valence-corrected chi connectivity index (χ3v) is 4.58. The third-order valence-electron chi connectivity index (χ3n) is 4.58. The molecule has 1 atom stereocenters. The number of likely N-dealkylation sites (N-methyl/N-ethyl adjacent to an activating group) is 1. The highest BCUT2D eigenvalue weighted by atomic mass is 15.2. The Hall–Kier alpha value is -0.810. The lowest BCUT2D eigenvalue weighted by Crippen LogP contribution is -2.42. The number of nitrogens with one attached hydrogen (secondary N) is 2. The highest BCUT2D eigenvalue weighted by Crippen LogP contribution is 2.07. The average Bonchev–Trinajstić information content (AvgIpc) is 2.55. The van der Waals surface area contributed by atoms with E-state index < -0.39 is 0 Å². The van der Waals surface area contributed by atoms with Crippen LogP contribution >= 0.6 is 0 Å². The van der Waals surface area contributed by atoms with Crippen LogP contribution in [0.1, 0.15) is 46.5 Å². The lowest BCUT2D eigenvalue weighted by atomic mass is 10.1. The van der Waals surface area contributed by atoms with Gasteiger partial charge in [0.25, 0.3) is 0 Å². The number of aliphatic imine (C=N–C) groups is 1. The second kappa shape index (κ2) is 11.7. The Bertz CT molecular complexity index is 299. The maximum Gasteiger partial charge on any atom is 0.191 e. The van der Waals surface area contributed by atoms with Gasteiger partial charge in [-0.1, -0.05) is 13.3 Å². The first-order valence-corrected chi connectivity index (χ1v) is 9.12. The molecule has 0 bridgehead atoms. The summed E-state index contributed by atoms with van der Waals surface area (Å²) in [6.45, 7) is 14.0. The molecule has 0 radical (unpaired) electrons. The predicted octanol–water partition coefficient (Wildman–Crippen LogP) is 1.76. The van der Waals surface area contributed by atoms with E-state index >= 15 is 0 Å². The van der Waals surface area contributed by atoms with Gasteiger partial charge in [-0.2, -0.15) is 0 Å². The Morgan fingerprint density at radius 3 is 2.55 bits per heavy atom. The molecule has 22 heavy (non-hydrogen) atoms. The summed E-state index contributed by atoms with van der Waals surface area (Å²) in [4.78, 5) is 9.63. The van der Waals surface area contributed by atoms with Gasteiger partial charge in [0, 0.05) is 32.2 Å². The van der Waals surface area contributed by atoms with Gasteiger partial charge >= 0.3 is 0 Å². The molecule has 1 heterocycles. The van der Waals surface area contributed by atoms with Gasteiger partial charge < -0.3 is 20.4 Å². The molecule has 1 saturated heterocycles. The summed E-state index contributed by atoms with van der Waals surface area (Å²) < 4.78 is 0. The van der Waals surface area contributed by atoms with Crippen molar-refractivity contribution in [2.75, 3.05) is 52.9 Å². The van der Waals surface area contributed by atoms with Crippen molar-refractivity contribution in [1.82, 2.24) is 20.4 Å². The summed E-state index contributed by atoms with van der Waals surface area (Å²) in [7, 11) is 2.19. The van der Waals surface area contributed by atoms with Crippen molar-refractivity contribution in [3.05, 3.63) is 0 Å². The van der Waals surface area contributed by atoms with Crippen LogP contribution in [0.4, 0.5) is 0 Å². The summed E-state index contributed by atoms with van der Waals surface area (Å²) in [5, 5.41) is 6.79. The van der Waals surface area contributed by atoms with Gasteiger partial charge in [0.2, 0.25) is 0 Å². The lowest BCUT2D eigenvalue weighted by Gasteiger charge is -2.26. The Labute approximate surface area is 137 Å². The number of nitrogens with zero attached hydrogens (tertiary/aromatic N) is 3. The molecule has 2 N–H and O–H groups in total. The van der Waals surface area contributed by atoms with E-state index in [9.17, 15) is 0 Å². The van der Waals surface area contributed by atoms with Gasteiger partial charge in [0.05, 0.1) is 6.54 Å². The predicted molar refractivity (Wildman–Crippen MR) is 96.7 cm³/mol. The van der Waals surface area contributed by atoms with Gasteiger partial charge in [-0.05, 0) is 53.2 Å². The van der Waals surface area contributed by atoms with Crippen molar-refractivity contribution in [3.63, 3.8) is 0 Å². The Balaban J connectivity index is 2.25. The molecule has 5 heteroatoms. The van der Waals surface area contributed by atoms with Crippen LogP contribution in [0.3, 0.4) is 0 Å². The van der Waals surface area contributed by atoms with Crippen LogP contribution < -0.4 is 10.6 Å². The average molecular weight is 312 g/mol. The summed E-state index contributed by atoms with van der Waals surface area (Å²) >= 11 is 0. The minimum absolute atomic E-state index is 0.639. The molecule has 0 saturated carbocycles. The molecule has 5 nitrogen and oxygen atoms in total. The van der Waals surface area contributed by atoms with Crippen LogP contribution in [0.15, 0.2) is 4.99 Å². The zero-order valence-electron chi connectivity index (χ0n) is 15.2. The van der Waals surface area contributed by atoms with E-state index in [1.54, 1.807) is 0 Å². The Morgan fingerprint density at radius 2 is 1.91 bits per heavy atom. The highest BCUT2D eigenvalue weighted by molar-refractivity contribution is 5.79. The SMILES string of the molecule is CCNC(=NCCN1CCCCC1)NCCN(C)C(C)CC.